The molecule has 0 aromatic rings. The molecule has 0 aliphatic carbocycles. The fourth-order valence-electron chi connectivity index (χ4n) is 2.00. The molecule has 1 rings (SSSR count). The Bertz CT molecular complexity index is 412. The molecule has 0 spiro atoms. The summed E-state index contributed by atoms with van der Waals surface area (Å²) in [5.41, 5.74) is 0. The van der Waals surface area contributed by atoms with Crippen LogP contribution >= 0.6 is 22.6 Å². The first-order chi connectivity index (χ1) is 9.76. The lowest BCUT2D eigenvalue weighted by Crippen LogP contribution is -2.61. The molecule has 1 fully saturated rings. The normalized spacial score (nSPS) is 32.1. The maximum atomic E-state index is 11.2. The zero-order valence-corrected chi connectivity index (χ0v) is 13.9. The highest BCUT2D eigenvalue weighted by Crippen LogP contribution is 2.28. The molecule has 0 bridgehead atoms. The molecule has 9 heteroatoms. The van der Waals surface area contributed by atoms with Gasteiger partial charge in [0, 0.05) is 25.2 Å². The SMILES string of the molecule is CC(=O)O[C@@H]1[C@@H](OC(C)=O)[C@H](O)O[C@H](CI)[C@H]1OC(C)=O. The van der Waals surface area contributed by atoms with Gasteiger partial charge in [-0.05, 0) is 0 Å². The molecule has 0 radical (unpaired) electrons. The smallest absolute Gasteiger partial charge is 0.303 e. The number of halogens is 1. The van der Waals surface area contributed by atoms with Crippen LogP contribution in [0.2, 0.25) is 0 Å². The first-order valence-corrected chi connectivity index (χ1v) is 7.70. The van der Waals surface area contributed by atoms with Gasteiger partial charge in [0.1, 0.15) is 6.10 Å². The highest BCUT2D eigenvalue weighted by atomic mass is 127. The second-order valence-electron chi connectivity index (χ2n) is 4.44. The monoisotopic (exact) mass is 416 g/mol. The number of rotatable bonds is 4. The number of alkyl halides is 1. The third kappa shape index (κ3) is 5.08. The Hall–Kier alpha value is -0.940. The maximum absolute atomic E-state index is 11.2. The summed E-state index contributed by atoms with van der Waals surface area (Å²) in [4.78, 5) is 33.6. The van der Waals surface area contributed by atoms with E-state index in [1.165, 1.54) is 6.92 Å². The minimum atomic E-state index is -1.48. The highest BCUT2D eigenvalue weighted by Gasteiger charge is 2.50. The molecule has 8 nitrogen and oxygen atoms in total. The summed E-state index contributed by atoms with van der Waals surface area (Å²) in [7, 11) is 0. The first kappa shape index (κ1) is 18.1. The molecule has 1 saturated heterocycles. The molecule has 0 saturated carbocycles. The van der Waals surface area contributed by atoms with E-state index in [-0.39, 0.29) is 0 Å². The first-order valence-electron chi connectivity index (χ1n) is 6.17. The van der Waals surface area contributed by atoms with E-state index in [0.29, 0.717) is 4.43 Å². The van der Waals surface area contributed by atoms with Crippen LogP contribution in [0.3, 0.4) is 0 Å². The van der Waals surface area contributed by atoms with Gasteiger partial charge in [-0.1, -0.05) is 22.6 Å². The summed E-state index contributed by atoms with van der Waals surface area (Å²) in [6, 6.07) is 0. The van der Waals surface area contributed by atoms with Crippen LogP contribution in [0, 0.1) is 0 Å². The molecule has 1 heterocycles. The summed E-state index contributed by atoms with van der Waals surface area (Å²) in [5.74, 6) is -1.95. The molecular formula is C12H17IO8. The van der Waals surface area contributed by atoms with E-state index in [2.05, 4.69) is 0 Å². The number of aliphatic hydroxyl groups is 1. The van der Waals surface area contributed by atoms with E-state index in [0.717, 1.165) is 13.8 Å². The van der Waals surface area contributed by atoms with Crippen molar-refractivity contribution in [3.63, 3.8) is 0 Å². The second kappa shape index (κ2) is 7.90. The average molecular weight is 416 g/mol. The minimum Gasteiger partial charge on any atom is -0.456 e. The van der Waals surface area contributed by atoms with Crippen LogP contribution in [-0.4, -0.2) is 58.1 Å². The molecule has 0 unspecified atom stereocenters. The van der Waals surface area contributed by atoms with Gasteiger partial charge in [-0.3, -0.25) is 14.4 Å². The number of carbonyl (C=O) groups excluding carboxylic acids is 3. The molecule has 5 atom stereocenters. The molecule has 0 aromatic heterocycles. The summed E-state index contributed by atoms with van der Waals surface area (Å²) in [5, 5.41) is 9.92. The van der Waals surface area contributed by atoms with Gasteiger partial charge in [0.25, 0.3) is 0 Å². The predicted octanol–water partition coefficient (Wildman–Crippen LogP) is -0.0663. The number of hydrogen-bond acceptors (Lipinski definition) is 8. The fourth-order valence-corrected chi connectivity index (χ4v) is 2.70. The summed E-state index contributed by atoms with van der Waals surface area (Å²) < 4.78 is 20.8. The van der Waals surface area contributed by atoms with E-state index in [9.17, 15) is 19.5 Å². The molecule has 1 aliphatic rings. The summed E-state index contributed by atoms with van der Waals surface area (Å²) in [6.45, 7) is 3.50. The fraction of sp³-hybridized carbons (Fsp3) is 0.750. The zero-order chi connectivity index (χ0) is 16.2. The average Bonchev–Trinajstić information content (AvgIpc) is 2.35. The van der Waals surface area contributed by atoms with Gasteiger partial charge in [-0.25, -0.2) is 0 Å². The Morgan fingerprint density at radius 3 is 1.81 bits per heavy atom. The minimum absolute atomic E-state index is 0.372. The van der Waals surface area contributed by atoms with Crippen molar-refractivity contribution in [3.05, 3.63) is 0 Å². The lowest BCUT2D eigenvalue weighted by atomic mass is 9.99. The van der Waals surface area contributed by atoms with E-state index in [1.54, 1.807) is 0 Å². The number of ether oxygens (including phenoxy) is 4. The molecular weight excluding hydrogens is 399 g/mol. The lowest BCUT2D eigenvalue weighted by Gasteiger charge is -2.42. The molecule has 1 N–H and O–H groups in total. The Labute approximate surface area is 135 Å². The van der Waals surface area contributed by atoms with Gasteiger partial charge >= 0.3 is 17.9 Å². The van der Waals surface area contributed by atoms with Crippen LogP contribution < -0.4 is 0 Å². The van der Waals surface area contributed by atoms with Crippen LogP contribution in [0.4, 0.5) is 0 Å². The number of carbonyl (C=O) groups is 3. The van der Waals surface area contributed by atoms with Gasteiger partial charge in [0.05, 0.1) is 0 Å². The predicted molar refractivity (Wildman–Crippen MR) is 76.4 cm³/mol. The van der Waals surface area contributed by atoms with Crippen LogP contribution in [0.25, 0.3) is 0 Å². The van der Waals surface area contributed by atoms with Crippen LogP contribution in [-0.2, 0) is 33.3 Å². The molecule has 21 heavy (non-hydrogen) atoms. The van der Waals surface area contributed by atoms with E-state index in [4.69, 9.17) is 18.9 Å². The van der Waals surface area contributed by atoms with Gasteiger partial charge in [0.15, 0.2) is 24.6 Å². The highest BCUT2D eigenvalue weighted by molar-refractivity contribution is 14.1. The van der Waals surface area contributed by atoms with Gasteiger partial charge in [-0.15, -0.1) is 0 Å². The van der Waals surface area contributed by atoms with Crippen molar-refractivity contribution in [1.29, 1.82) is 0 Å². The van der Waals surface area contributed by atoms with E-state index < -0.39 is 48.6 Å². The van der Waals surface area contributed by atoms with Crippen molar-refractivity contribution >= 4 is 40.5 Å². The van der Waals surface area contributed by atoms with Crippen LogP contribution in [0.15, 0.2) is 0 Å². The van der Waals surface area contributed by atoms with Crippen LogP contribution in [0.1, 0.15) is 20.8 Å². The third-order valence-electron chi connectivity index (χ3n) is 2.67. The quantitative estimate of drug-likeness (QED) is 0.294. The molecule has 1 aliphatic heterocycles. The third-order valence-corrected chi connectivity index (χ3v) is 3.54. The van der Waals surface area contributed by atoms with Crippen molar-refractivity contribution in [2.75, 3.05) is 4.43 Å². The second-order valence-corrected chi connectivity index (χ2v) is 5.32. The summed E-state index contributed by atoms with van der Waals surface area (Å²) >= 11 is 1.98. The van der Waals surface area contributed by atoms with Crippen molar-refractivity contribution < 1.29 is 38.4 Å². The van der Waals surface area contributed by atoms with E-state index >= 15 is 0 Å². The van der Waals surface area contributed by atoms with Crippen LogP contribution in [0.5, 0.6) is 0 Å². The van der Waals surface area contributed by atoms with Gasteiger partial charge in [0.2, 0.25) is 0 Å². The molecule has 0 aromatic carbocycles. The maximum Gasteiger partial charge on any atom is 0.303 e. The van der Waals surface area contributed by atoms with Gasteiger partial charge in [-0.2, -0.15) is 0 Å². The zero-order valence-electron chi connectivity index (χ0n) is 11.8. The Balaban J connectivity index is 3.08. The summed E-state index contributed by atoms with van der Waals surface area (Å²) in [6.07, 6.45) is -5.56. The number of aliphatic hydroxyl groups excluding tert-OH is 1. The Morgan fingerprint density at radius 2 is 1.38 bits per heavy atom. The van der Waals surface area contributed by atoms with Crippen molar-refractivity contribution in [2.45, 2.75) is 51.5 Å². The Morgan fingerprint density at radius 1 is 0.952 bits per heavy atom. The molecule has 0 amide bonds. The van der Waals surface area contributed by atoms with Crippen molar-refractivity contribution in [1.82, 2.24) is 0 Å². The Kier molecular flexibility index (Phi) is 6.81. The topological polar surface area (TPSA) is 108 Å². The largest absolute Gasteiger partial charge is 0.456 e. The van der Waals surface area contributed by atoms with Gasteiger partial charge < -0.3 is 24.1 Å². The lowest BCUT2D eigenvalue weighted by molar-refractivity contribution is -0.286. The van der Waals surface area contributed by atoms with Crippen molar-refractivity contribution in [3.8, 4) is 0 Å². The standard InChI is InChI=1S/C12H17IO8/c1-5(14)18-9-8(4-13)21-12(17)11(20-7(3)16)10(9)19-6(2)15/h8-12,17H,4H2,1-3H3/t8-,9-,10+,11-,12-/m1/s1. The molecule has 120 valence electrons. The number of hydrogen-bond donors (Lipinski definition) is 1. The van der Waals surface area contributed by atoms with E-state index in [1.807, 2.05) is 22.6 Å². The van der Waals surface area contributed by atoms with Crippen molar-refractivity contribution in [2.24, 2.45) is 0 Å². The number of esters is 3.